The lowest BCUT2D eigenvalue weighted by molar-refractivity contribution is 0.100. The van der Waals surface area contributed by atoms with Gasteiger partial charge in [-0.05, 0) is 20.3 Å². The van der Waals surface area contributed by atoms with Gasteiger partial charge in [-0.25, -0.2) is 0 Å². The van der Waals surface area contributed by atoms with Gasteiger partial charge in [0.2, 0.25) is 0 Å². The lowest BCUT2D eigenvalue weighted by Gasteiger charge is -2.24. The molecule has 50 valence electrons. The molecular formula is C6H15NO. The Kier molecular flexibility index (Phi) is 2.44. The molecular weight excluding hydrogens is 102 g/mol. The van der Waals surface area contributed by atoms with Gasteiger partial charge in [0, 0.05) is 5.54 Å². The van der Waals surface area contributed by atoms with Gasteiger partial charge in [0.05, 0.1) is 6.10 Å². The van der Waals surface area contributed by atoms with Gasteiger partial charge in [0.25, 0.3) is 0 Å². The predicted octanol–water partition coefficient (Wildman–Crippen LogP) is 0.495. The first kappa shape index (κ1) is 7.92. The van der Waals surface area contributed by atoms with Crippen LogP contribution in [0.1, 0.15) is 27.2 Å². The van der Waals surface area contributed by atoms with E-state index in [0.29, 0.717) is 0 Å². The molecule has 0 heterocycles. The summed E-state index contributed by atoms with van der Waals surface area (Å²) in [6.07, 6.45) is 0.353. The molecule has 0 saturated heterocycles. The first-order valence-corrected chi connectivity index (χ1v) is 2.95. The summed E-state index contributed by atoms with van der Waals surface area (Å²) in [5.41, 5.74) is 5.10. The van der Waals surface area contributed by atoms with Crippen LogP contribution in [-0.2, 0) is 0 Å². The van der Waals surface area contributed by atoms with Crippen LogP contribution < -0.4 is 5.73 Å². The van der Waals surface area contributed by atoms with E-state index in [-0.39, 0.29) is 6.10 Å². The Balaban J connectivity index is 3.62. The number of nitrogens with two attached hydrogens (primary N) is 1. The first-order chi connectivity index (χ1) is 3.48. The molecule has 0 bridgehead atoms. The quantitative estimate of drug-likeness (QED) is 0.553. The third-order valence-electron chi connectivity index (χ3n) is 1.25. The topological polar surface area (TPSA) is 46.2 Å². The van der Waals surface area contributed by atoms with Crippen LogP contribution in [-0.4, -0.2) is 16.7 Å². The molecule has 0 aromatic carbocycles. The molecule has 3 N–H and O–H groups in total. The highest BCUT2D eigenvalue weighted by Crippen LogP contribution is 2.06. The van der Waals surface area contributed by atoms with Crippen molar-refractivity contribution in [2.45, 2.75) is 38.8 Å². The molecule has 0 fully saturated rings. The number of aliphatic hydroxyl groups is 1. The van der Waals surface area contributed by atoms with Crippen LogP contribution in [0.3, 0.4) is 0 Å². The van der Waals surface area contributed by atoms with Gasteiger partial charge in [-0.15, -0.1) is 0 Å². The van der Waals surface area contributed by atoms with Crippen LogP contribution >= 0.6 is 0 Å². The van der Waals surface area contributed by atoms with Gasteiger partial charge in [-0.3, -0.25) is 0 Å². The SMILES string of the molecule is CCC(O)C(C)(C)N. The number of hydrogen-bond donors (Lipinski definition) is 2. The zero-order chi connectivity index (χ0) is 6.78. The highest BCUT2D eigenvalue weighted by Gasteiger charge is 2.19. The minimum Gasteiger partial charge on any atom is -0.391 e. The van der Waals surface area contributed by atoms with E-state index < -0.39 is 5.54 Å². The van der Waals surface area contributed by atoms with Crippen LogP contribution in [0, 0.1) is 0 Å². The fourth-order valence-corrected chi connectivity index (χ4v) is 0.526. The molecule has 0 amide bonds. The summed E-state index contributed by atoms with van der Waals surface area (Å²) in [4.78, 5) is 0. The van der Waals surface area contributed by atoms with E-state index in [1.807, 2.05) is 20.8 Å². The van der Waals surface area contributed by atoms with Crippen molar-refractivity contribution in [3.8, 4) is 0 Å². The molecule has 1 unspecified atom stereocenters. The van der Waals surface area contributed by atoms with Gasteiger partial charge in [0.1, 0.15) is 0 Å². The van der Waals surface area contributed by atoms with Crippen LogP contribution in [0.5, 0.6) is 0 Å². The number of aliphatic hydroxyl groups excluding tert-OH is 1. The molecule has 0 spiro atoms. The summed E-state index contributed by atoms with van der Waals surface area (Å²) in [6, 6.07) is 0. The van der Waals surface area contributed by atoms with E-state index in [9.17, 15) is 0 Å². The standard InChI is InChI=1S/C6H15NO/c1-4-5(8)6(2,3)7/h5,8H,4,7H2,1-3H3. The van der Waals surface area contributed by atoms with Crippen LogP contribution in [0.15, 0.2) is 0 Å². The van der Waals surface area contributed by atoms with Crippen molar-refractivity contribution in [2.24, 2.45) is 5.73 Å². The van der Waals surface area contributed by atoms with Crippen LogP contribution in [0.4, 0.5) is 0 Å². The zero-order valence-corrected chi connectivity index (χ0v) is 5.81. The van der Waals surface area contributed by atoms with E-state index in [1.54, 1.807) is 0 Å². The Morgan fingerprint density at radius 3 is 2.00 bits per heavy atom. The van der Waals surface area contributed by atoms with E-state index in [1.165, 1.54) is 0 Å². The summed E-state index contributed by atoms with van der Waals surface area (Å²) in [7, 11) is 0. The predicted molar refractivity (Wildman–Crippen MR) is 34.6 cm³/mol. The maximum absolute atomic E-state index is 9.07. The van der Waals surface area contributed by atoms with Crippen molar-refractivity contribution in [1.29, 1.82) is 0 Å². The van der Waals surface area contributed by atoms with Gasteiger partial charge >= 0.3 is 0 Å². The molecule has 2 nitrogen and oxygen atoms in total. The third kappa shape index (κ3) is 2.28. The zero-order valence-electron chi connectivity index (χ0n) is 5.81. The Morgan fingerprint density at radius 1 is 1.62 bits per heavy atom. The van der Waals surface area contributed by atoms with Crippen molar-refractivity contribution >= 4 is 0 Å². The molecule has 0 aliphatic heterocycles. The average Bonchev–Trinajstić information content (AvgIpc) is 1.62. The molecule has 2 heteroatoms. The monoisotopic (exact) mass is 117 g/mol. The van der Waals surface area contributed by atoms with Crippen molar-refractivity contribution in [2.75, 3.05) is 0 Å². The second-order valence-corrected chi connectivity index (χ2v) is 2.75. The molecule has 0 saturated carbocycles. The third-order valence-corrected chi connectivity index (χ3v) is 1.25. The summed E-state index contributed by atoms with van der Waals surface area (Å²) >= 11 is 0. The van der Waals surface area contributed by atoms with Crippen LogP contribution in [0.25, 0.3) is 0 Å². The van der Waals surface area contributed by atoms with Crippen molar-refractivity contribution < 1.29 is 5.11 Å². The smallest absolute Gasteiger partial charge is 0.0711 e. The van der Waals surface area contributed by atoms with E-state index in [4.69, 9.17) is 10.8 Å². The van der Waals surface area contributed by atoms with Gasteiger partial charge in [-0.1, -0.05) is 6.92 Å². The fraction of sp³-hybridized carbons (Fsp3) is 1.00. The normalized spacial score (nSPS) is 16.1. The van der Waals surface area contributed by atoms with Crippen molar-refractivity contribution in [3.05, 3.63) is 0 Å². The second-order valence-electron chi connectivity index (χ2n) is 2.75. The Morgan fingerprint density at radius 2 is 2.00 bits per heavy atom. The van der Waals surface area contributed by atoms with Gasteiger partial charge < -0.3 is 10.8 Å². The lowest BCUT2D eigenvalue weighted by Crippen LogP contribution is -2.44. The summed E-state index contributed by atoms with van der Waals surface area (Å²) < 4.78 is 0. The summed E-state index contributed by atoms with van der Waals surface area (Å²) in [6.45, 7) is 5.56. The van der Waals surface area contributed by atoms with Gasteiger partial charge in [-0.2, -0.15) is 0 Å². The highest BCUT2D eigenvalue weighted by molar-refractivity contribution is 4.79. The van der Waals surface area contributed by atoms with E-state index in [0.717, 1.165) is 6.42 Å². The molecule has 0 aliphatic carbocycles. The van der Waals surface area contributed by atoms with E-state index in [2.05, 4.69) is 0 Å². The minimum absolute atomic E-state index is 0.373. The molecule has 8 heavy (non-hydrogen) atoms. The van der Waals surface area contributed by atoms with Crippen molar-refractivity contribution in [3.63, 3.8) is 0 Å². The molecule has 0 aromatic rings. The summed E-state index contributed by atoms with van der Waals surface area (Å²) in [5, 5.41) is 9.07. The number of rotatable bonds is 2. The molecule has 0 rings (SSSR count). The molecule has 1 atom stereocenters. The first-order valence-electron chi connectivity index (χ1n) is 2.95. The minimum atomic E-state index is -0.436. The molecule has 0 aliphatic rings. The highest BCUT2D eigenvalue weighted by atomic mass is 16.3. The summed E-state index contributed by atoms with van der Waals surface area (Å²) in [5.74, 6) is 0. The number of hydrogen-bond acceptors (Lipinski definition) is 2. The Labute approximate surface area is 50.7 Å². The Bertz CT molecular complexity index is 65.4. The fourth-order valence-electron chi connectivity index (χ4n) is 0.526. The molecule has 0 radical (unpaired) electrons. The van der Waals surface area contributed by atoms with Crippen LogP contribution in [0.2, 0.25) is 0 Å². The van der Waals surface area contributed by atoms with E-state index >= 15 is 0 Å². The van der Waals surface area contributed by atoms with Crippen molar-refractivity contribution in [1.82, 2.24) is 0 Å². The largest absolute Gasteiger partial charge is 0.391 e. The maximum Gasteiger partial charge on any atom is 0.0711 e. The van der Waals surface area contributed by atoms with Gasteiger partial charge in [0.15, 0.2) is 0 Å². The Hall–Kier alpha value is -0.0800. The molecule has 0 aromatic heterocycles. The maximum atomic E-state index is 9.07. The second kappa shape index (κ2) is 2.46. The lowest BCUT2D eigenvalue weighted by atomic mass is 9.97. The average molecular weight is 117 g/mol.